The molecule has 0 bridgehead atoms. The molecule has 0 aliphatic carbocycles. The van der Waals surface area contributed by atoms with Gasteiger partial charge in [0.05, 0.1) is 18.6 Å². The number of thioether (sulfide) groups is 1. The standard InChI is InChI=1S/C30H25BrClNO6S/c1-4-38-30(36)26-27(34)25(40-29(26)33-28(35)20-11-7-5-9-17(20)2)14-19-13-23(37-3)24(15-21(19)31)39-16-18-10-6-8-12-22(18)32/h5-15,34H,4,16H2,1-3H3/b25-14-,33-29?. The van der Waals surface area contributed by atoms with Gasteiger partial charge in [-0.15, -0.1) is 0 Å². The number of methoxy groups -OCH3 is 1. The number of carbonyl (C=O) groups excluding carboxylic acids is 2. The number of hydrogen-bond acceptors (Lipinski definition) is 7. The summed E-state index contributed by atoms with van der Waals surface area (Å²) in [7, 11) is 1.52. The van der Waals surface area contributed by atoms with Crippen molar-refractivity contribution in [3.8, 4) is 11.5 Å². The molecular weight excluding hydrogens is 618 g/mol. The van der Waals surface area contributed by atoms with Crippen LogP contribution in [0.3, 0.4) is 0 Å². The number of esters is 1. The number of aliphatic hydroxyl groups excluding tert-OH is 1. The highest BCUT2D eigenvalue weighted by atomic mass is 79.9. The molecule has 1 amide bonds. The molecule has 3 aromatic carbocycles. The normalized spacial score (nSPS) is 15.0. The predicted octanol–water partition coefficient (Wildman–Crippen LogP) is 7.70. The number of carbonyl (C=O) groups is 2. The number of ether oxygens (including phenoxy) is 3. The Balaban J connectivity index is 1.68. The van der Waals surface area contributed by atoms with E-state index in [2.05, 4.69) is 20.9 Å². The molecular formula is C30H25BrClNO6S. The molecule has 10 heteroatoms. The minimum absolute atomic E-state index is 0.0539. The molecule has 7 nitrogen and oxygen atoms in total. The maximum Gasteiger partial charge on any atom is 0.344 e. The van der Waals surface area contributed by atoms with E-state index in [-0.39, 0.29) is 29.6 Å². The number of aryl methyl sites for hydroxylation is 1. The summed E-state index contributed by atoms with van der Waals surface area (Å²) >= 11 is 10.8. The lowest BCUT2D eigenvalue weighted by atomic mass is 10.1. The maximum atomic E-state index is 13.0. The van der Waals surface area contributed by atoms with Gasteiger partial charge in [0.15, 0.2) is 11.5 Å². The molecule has 0 spiro atoms. The molecule has 1 heterocycles. The van der Waals surface area contributed by atoms with Crippen LogP contribution >= 0.6 is 39.3 Å². The molecule has 4 rings (SSSR count). The molecule has 0 saturated carbocycles. The van der Waals surface area contributed by atoms with Crippen LogP contribution in [0.4, 0.5) is 0 Å². The molecule has 1 N–H and O–H groups in total. The van der Waals surface area contributed by atoms with Crippen LogP contribution in [0.15, 0.2) is 86.4 Å². The number of hydrogen-bond donors (Lipinski definition) is 1. The van der Waals surface area contributed by atoms with Gasteiger partial charge in [0.2, 0.25) is 0 Å². The topological polar surface area (TPSA) is 94.4 Å². The van der Waals surface area contributed by atoms with Crippen LogP contribution in [0, 0.1) is 6.92 Å². The Morgan fingerprint density at radius 3 is 2.52 bits per heavy atom. The van der Waals surface area contributed by atoms with E-state index in [1.807, 2.05) is 24.3 Å². The Bertz CT molecular complexity index is 1570. The van der Waals surface area contributed by atoms with E-state index in [1.54, 1.807) is 56.3 Å². The highest BCUT2D eigenvalue weighted by molar-refractivity contribution is 9.10. The Morgan fingerprint density at radius 2 is 1.82 bits per heavy atom. The molecule has 3 aromatic rings. The van der Waals surface area contributed by atoms with Gasteiger partial charge in [0.1, 0.15) is 23.0 Å². The molecule has 40 heavy (non-hydrogen) atoms. The van der Waals surface area contributed by atoms with Gasteiger partial charge in [-0.3, -0.25) is 4.79 Å². The van der Waals surface area contributed by atoms with Crippen LogP contribution in [-0.2, 0) is 16.1 Å². The summed E-state index contributed by atoms with van der Waals surface area (Å²) in [6, 6.07) is 17.9. The summed E-state index contributed by atoms with van der Waals surface area (Å²) in [5.74, 6) is -0.701. The van der Waals surface area contributed by atoms with E-state index >= 15 is 0 Å². The fourth-order valence-electron chi connectivity index (χ4n) is 3.80. The summed E-state index contributed by atoms with van der Waals surface area (Å²) in [5, 5.41) is 11.7. The number of aliphatic hydroxyl groups is 1. The van der Waals surface area contributed by atoms with E-state index in [0.717, 1.165) is 22.9 Å². The molecule has 0 radical (unpaired) electrons. The number of rotatable bonds is 8. The first-order valence-corrected chi connectivity index (χ1v) is 14.1. The Hall–Kier alpha value is -3.53. The third-order valence-electron chi connectivity index (χ3n) is 5.86. The van der Waals surface area contributed by atoms with Gasteiger partial charge in [-0.2, -0.15) is 0 Å². The Kier molecular flexibility index (Phi) is 9.73. The zero-order valence-corrected chi connectivity index (χ0v) is 25.0. The minimum atomic E-state index is -0.771. The van der Waals surface area contributed by atoms with Crippen LogP contribution in [0.5, 0.6) is 11.5 Å². The Morgan fingerprint density at radius 1 is 1.10 bits per heavy atom. The van der Waals surface area contributed by atoms with E-state index in [4.69, 9.17) is 25.8 Å². The fraction of sp³-hybridized carbons (Fsp3) is 0.167. The predicted molar refractivity (Wildman–Crippen MR) is 161 cm³/mol. The molecule has 0 aromatic heterocycles. The van der Waals surface area contributed by atoms with Crippen molar-refractivity contribution in [2.45, 2.75) is 20.5 Å². The molecule has 206 valence electrons. The number of nitrogens with zero attached hydrogens (tertiary/aromatic N) is 1. The van der Waals surface area contributed by atoms with E-state index < -0.39 is 11.9 Å². The van der Waals surface area contributed by atoms with Crippen molar-refractivity contribution < 1.29 is 28.9 Å². The van der Waals surface area contributed by atoms with Gasteiger partial charge in [-0.05, 0) is 55.3 Å². The van der Waals surface area contributed by atoms with Gasteiger partial charge in [0, 0.05) is 20.6 Å². The first kappa shape index (κ1) is 29.5. The largest absolute Gasteiger partial charge is 0.506 e. The van der Waals surface area contributed by atoms with E-state index in [1.165, 1.54) is 7.11 Å². The first-order chi connectivity index (χ1) is 19.2. The molecule has 0 unspecified atom stereocenters. The summed E-state index contributed by atoms with van der Waals surface area (Å²) in [6.07, 6.45) is 1.66. The van der Waals surface area contributed by atoms with Crippen LogP contribution in [0.25, 0.3) is 6.08 Å². The van der Waals surface area contributed by atoms with Crippen molar-refractivity contribution in [1.29, 1.82) is 0 Å². The third-order valence-corrected chi connectivity index (χ3v) is 7.93. The fourth-order valence-corrected chi connectivity index (χ4v) is 5.43. The number of amides is 1. The monoisotopic (exact) mass is 641 g/mol. The summed E-state index contributed by atoms with van der Waals surface area (Å²) < 4.78 is 17.3. The number of halogens is 2. The van der Waals surface area contributed by atoms with E-state index in [0.29, 0.717) is 37.0 Å². The van der Waals surface area contributed by atoms with Gasteiger partial charge >= 0.3 is 5.97 Å². The number of benzene rings is 3. The molecule has 0 fully saturated rings. The van der Waals surface area contributed by atoms with Crippen molar-refractivity contribution in [1.82, 2.24) is 0 Å². The summed E-state index contributed by atoms with van der Waals surface area (Å²) in [5.41, 5.74) is 2.43. The summed E-state index contributed by atoms with van der Waals surface area (Å²) in [4.78, 5) is 30.2. The van der Waals surface area contributed by atoms with E-state index in [9.17, 15) is 14.7 Å². The van der Waals surface area contributed by atoms with Gasteiger partial charge < -0.3 is 19.3 Å². The SMILES string of the molecule is CCOC(=O)C1=C(O)/C(=C/c2cc(OC)c(OCc3ccccc3Cl)cc2Br)SC1=NC(=O)c1ccccc1C. The third kappa shape index (κ3) is 6.60. The lowest BCUT2D eigenvalue weighted by molar-refractivity contribution is -0.138. The second kappa shape index (κ2) is 13.2. The zero-order chi connectivity index (χ0) is 28.8. The lowest BCUT2D eigenvalue weighted by Crippen LogP contribution is -2.14. The van der Waals surface area contributed by atoms with Crippen LogP contribution < -0.4 is 9.47 Å². The average Bonchev–Trinajstić information content (AvgIpc) is 3.23. The zero-order valence-electron chi connectivity index (χ0n) is 21.9. The smallest absolute Gasteiger partial charge is 0.344 e. The second-order valence-corrected chi connectivity index (χ2v) is 10.8. The first-order valence-electron chi connectivity index (χ1n) is 12.2. The highest BCUT2D eigenvalue weighted by Gasteiger charge is 2.34. The van der Waals surface area contributed by atoms with Crippen LogP contribution in [0.2, 0.25) is 5.02 Å². The van der Waals surface area contributed by atoms with Crippen molar-refractivity contribution in [2.75, 3.05) is 13.7 Å². The molecule has 0 atom stereocenters. The molecule has 1 aliphatic heterocycles. The van der Waals surface area contributed by atoms with Gasteiger partial charge in [0.25, 0.3) is 5.91 Å². The van der Waals surface area contributed by atoms with Gasteiger partial charge in [-0.1, -0.05) is 75.7 Å². The minimum Gasteiger partial charge on any atom is -0.506 e. The van der Waals surface area contributed by atoms with Crippen molar-refractivity contribution >= 4 is 62.3 Å². The van der Waals surface area contributed by atoms with Gasteiger partial charge in [-0.25, -0.2) is 9.79 Å². The van der Waals surface area contributed by atoms with Crippen LogP contribution in [0.1, 0.15) is 34.0 Å². The van der Waals surface area contributed by atoms with Crippen molar-refractivity contribution in [3.63, 3.8) is 0 Å². The highest BCUT2D eigenvalue weighted by Crippen LogP contribution is 2.42. The average molecular weight is 643 g/mol. The summed E-state index contributed by atoms with van der Waals surface area (Å²) in [6.45, 7) is 3.78. The van der Waals surface area contributed by atoms with Crippen LogP contribution in [-0.4, -0.2) is 35.7 Å². The quantitative estimate of drug-likeness (QED) is 0.252. The number of aliphatic imine (C=N–C) groups is 1. The lowest BCUT2D eigenvalue weighted by Gasteiger charge is -2.14. The molecule has 0 saturated heterocycles. The van der Waals surface area contributed by atoms with Crippen molar-refractivity contribution in [2.24, 2.45) is 4.99 Å². The molecule has 1 aliphatic rings. The van der Waals surface area contributed by atoms with Crippen molar-refractivity contribution in [3.05, 3.63) is 109 Å². The maximum absolute atomic E-state index is 13.0. The second-order valence-electron chi connectivity index (χ2n) is 8.50. The Labute approximate surface area is 249 Å².